The molecule has 2 aromatic rings. The number of carbonyl (C=O) groups excluding carboxylic acids is 2. The molecule has 0 unspecified atom stereocenters. The number of nitrogens with zero attached hydrogens (tertiary/aromatic N) is 1. The number of nitrogens with two attached hydrogens (primary N) is 1. The minimum atomic E-state index is -0.764. The molecule has 2 heterocycles. The summed E-state index contributed by atoms with van der Waals surface area (Å²) in [7, 11) is 0. The third-order valence-electron chi connectivity index (χ3n) is 5.08. The van der Waals surface area contributed by atoms with E-state index < -0.39 is 17.9 Å². The Balaban J connectivity index is 1.62. The summed E-state index contributed by atoms with van der Waals surface area (Å²) in [5, 5.41) is 15.2. The lowest BCUT2D eigenvalue weighted by atomic mass is 10.0. The average molecular weight is 465 g/mol. The van der Waals surface area contributed by atoms with E-state index in [1.807, 2.05) is 0 Å². The van der Waals surface area contributed by atoms with Gasteiger partial charge in [0.05, 0.1) is 5.56 Å². The molecule has 1 aliphatic heterocycles. The van der Waals surface area contributed by atoms with E-state index in [1.165, 1.54) is 11.3 Å². The number of halogens is 1. The van der Waals surface area contributed by atoms with Crippen molar-refractivity contribution in [3.63, 3.8) is 0 Å². The molecule has 1 aromatic heterocycles. The number of urea groups is 1. The summed E-state index contributed by atoms with van der Waals surface area (Å²) in [6.45, 7) is 2.34. The second kappa shape index (κ2) is 10.6. The van der Waals surface area contributed by atoms with Gasteiger partial charge in [0.25, 0.3) is 5.91 Å². The lowest BCUT2D eigenvalue weighted by Crippen LogP contribution is -2.31. The third kappa shape index (κ3) is 6.43. The van der Waals surface area contributed by atoms with Gasteiger partial charge < -0.3 is 16.2 Å². The minimum absolute atomic E-state index is 0.199. The molecule has 1 aliphatic rings. The normalized spacial score (nSPS) is 13.5. The molecule has 0 radical (unpaired) electrons. The number of carboxylic acids is 1. The summed E-state index contributed by atoms with van der Waals surface area (Å²) in [4.78, 5) is 38.4. The highest BCUT2D eigenvalue weighted by atomic mass is 35.5. The summed E-state index contributed by atoms with van der Waals surface area (Å²) in [6.07, 6.45) is 3.34. The van der Waals surface area contributed by atoms with E-state index in [9.17, 15) is 14.4 Å². The molecule has 3 rings (SSSR count). The molecule has 8 nitrogen and oxygen atoms in total. The van der Waals surface area contributed by atoms with Crippen LogP contribution in [0, 0.1) is 0 Å². The number of hydrogen-bond donors (Lipinski definition) is 4. The average Bonchev–Trinajstić information content (AvgIpc) is 3.06. The number of anilines is 2. The van der Waals surface area contributed by atoms with Gasteiger partial charge in [0.15, 0.2) is 0 Å². The van der Waals surface area contributed by atoms with Gasteiger partial charge in [-0.3, -0.25) is 19.8 Å². The molecular weight excluding hydrogens is 440 g/mol. The van der Waals surface area contributed by atoms with Crippen LogP contribution in [-0.2, 0) is 17.8 Å². The monoisotopic (exact) mass is 464 g/mol. The molecule has 3 amide bonds. The van der Waals surface area contributed by atoms with Crippen molar-refractivity contribution in [1.29, 1.82) is 0 Å². The zero-order valence-electron chi connectivity index (χ0n) is 16.9. The number of primary amides is 1. The summed E-state index contributed by atoms with van der Waals surface area (Å²) in [6, 6.07) is 6.26. The molecule has 0 spiro atoms. The number of carboxylic acid groups (broad SMARTS) is 1. The number of amides is 3. The van der Waals surface area contributed by atoms with Gasteiger partial charge in [-0.15, -0.1) is 11.3 Å². The minimum Gasteiger partial charge on any atom is -0.481 e. The quantitative estimate of drug-likeness (QED) is 0.415. The third-order valence-corrected chi connectivity index (χ3v) is 6.46. The molecule has 0 bridgehead atoms. The fraction of sp³-hybridized carbons (Fsp3) is 0.381. The highest BCUT2D eigenvalue weighted by Crippen LogP contribution is 2.37. The van der Waals surface area contributed by atoms with Crippen LogP contribution < -0.4 is 16.4 Å². The van der Waals surface area contributed by atoms with Crippen molar-refractivity contribution in [2.24, 2.45) is 5.73 Å². The van der Waals surface area contributed by atoms with Crippen molar-refractivity contribution in [3.05, 3.63) is 45.3 Å². The fourth-order valence-corrected chi connectivity index (χ4v) is 5.00. The number of benzene rings is 1. The molecule has 166 valence electrons. The van der Waals surface area contributed by atoms with Crippen molar-refractivity contribution >= 4 is 51.5 Å². The van der Waals surface area contributed by atoms with E-state index in [2.05, 4.69) is 15.5 Å². The molecule has 5 N–H and O–H groups in total. The van der Waals surface area contributed by atoms with Crippen LogP contribution in [0.3, 0.4) is 0 Å². The van der Waals surface area contributed by atoms with E-state index in [4.69, 9.17) is 22.4 Å². The van der Waals surface area contributed by atoms with Crippen LogP contribution in [0.25, 0.3) is 0 Å². The van der Waals surface area contributed by atoms with Gasteiger partial charge in [-0.05, 0) is 55.6 Å². The first kappa shape index (κ1) is 23.1. The van der Waals surface area contributed by atoms with Gasteiger partial charge in [-0.25, -0.2) is 4.79 Å². The Kier molecular flexibility index (Phi) is 7.89. The predicted octanol–water partition coefficient (Wildman–Crippen LogP) is 4.15. The molecule has 31 heavy (non-hydrogen) atoms. The molecular formula is C21H25ClN4O4S. The fourth-order valence-electron chi connectivity index (χ4n) is 3.58. The second-order valence-electron chi connectivity index (χ2n) is 7.39. The highest BCUT2D eigenvalue weighted by molar-refractivity contribution is 7.17. The van der Waals surface area contributed by atoms with Crippen LogP contribution in [0.2, 0.25) is 5.02 Å². The van der Waals surface area contributed by atoms with Crippen molar-refractivity contribution in [2.45, 2.75) is 38.6 Å². The van der Waals surface area contributed by atoms with Gasteiger partial charge >= 0.3 is 12.0 Å². The van der Waals surface area contributed by atoms with Crippen LogP contribution >= 0.6 is 22.9 Å². The zero-order chi connectivity index (χ0) is 22.4. The Bertz CT molecular complexity index is 961. The maximum atomic E-state index is 12.4. The van der Waals surface area contributed by atoms with E-state index in [-0.39, 0.29) is 6.42 Å². The summed E-state index contributed by atoms with van der Waals surface area (Å²) < 4.78 is 0. The lowest BCUT2D eigenvalue weighted by molar-refractivity contribution is -0.137. The van der Waals surface area contributed by atoms with Gasteiger partial charge in [-0.1, -0.05) is 18.0 Å². The maximum Gasteiger partial charge on any atom is 0.324 e. The molecule has 0 aliphatic carbocycles. The molecule has 0 saturated heterocycles. The first-order chi connectivity index (χ1) is 14.8. The highest BCUT2D eigenvalue weighted by Gasteiger charge is 2.27. The second-order valence-corrected chi connectivity index (χ2v) is 8.93. The van der Waals surface area contributed by atoms with Crippen molar-refractivity contribution in [2.75, 3.05) is 23.7 Å². The largest absolute Gasteiger partial charge is 0.481 e. The van der Waals surface area contributed by atoms with Crippen LogP contribution in [0.1, 0.15) is 46.5 Å². The number of rotatable bonds is 9. The number of hydrogen-bond acceptors (Lipinski definition) is 5. The van der Waals surface area contributed by atoms with Gasteiger partial charge in [0, 0.05) is 35.1 Å². The molecule has 0 fully saturated rings. The first-order valence-electron chi connectivity index (χ1n) is 10.1. The summed E-state index contributed by atoms with van der Waals surface area (Å²) in [5.41, 5.74) is 7.49. The van der Waals surface area contributed by atoms with E-state index in [0.29, 0.717) is 40.7 Å². The van der Waals surface area contributed by atoms with Crippen LogP contribution in [0.15, 0.2) is 24.3 Å². The molecule has 10 heteroatoms. The SMILES string of the molecule is NC(=O)c1c(NC(=O)Nc2ccc(Cl)cc2)sc2c1CCN(CCCCCC(=O)O)C2. The first-order valence-corrected chi connectivity index (χ1v) is 11.2. The molecule has 0 atom stereocenters. The summed E-state index contributed by atoms with van der Waals surface area (Å²) >= 11 is 7.23. The van der Waals surface area contributed by atoms with Crippen LogP contribution in [-0.4, -0.2) is 41.0 Å². The Morgan fingerprint density at radius 2 is 1.87 bits per heavy atom. The number of nitrogens with one attached hydrogen (secondary N) is 2. The number of carbonyl (C=O) groups is 3. The number of aliphatic carboxylic acids is 1. The van der Waals surface area contributed by atoms with Crippen molar-refractivity contribution in [3.8, 4) is 0 Å². The Morgan fingerprint density at radius 1 is 1.13 bits per heavy atom. The number of fused-ring (bicyclic) bond motifs is 1. The number of thiophene rings is 1. The van der Waals surface area contributed by atoms with Gasteiger partial charge in [0.1, 0.15) is 5.00 Å². The topological polar surface area (TPSA) is 125 Å². The molecule has 0 saturated carbocycles. The van der Waals surface area contributed by atoms with E-state index in [1.54, 1.807) is 24.3 Å². The van der Waals surface area contributed by atoms with Gasteiger partial charge in [-0.2, -0.15) is 0 Å². The number of unbranched alkanes of at least 4 members (excludes halogenated alkanes) is 2. The van der Waals surface area contributed by atoms with E-state index >= 15 is 0 Å². The van der Waals surface area contributed by atoms with Crippen molar-refractivity contribution < 1.29 is 19.5 Å². The molecule has 1 aromatic carbocycles. The van der Waals surface area contributed by atoms with Crippen molar-refractivity contribution in [1.82, 2.24) is 4.90 Å². The lowest BCUT2D eigenvalue weighted by Gasteiger charge is -2.26. The van der Waals surface area contributed by atoms with Crippen LogP contribution in [0.4, 0.5) is 15.5 Å². The smallest absolute Gasteiger partial charge is 0.324 e. The maximum absolute atomic E-state index is 12.4. The Labute approximate surface area is 189 Å². The zero-order valence-corrected chi connectivity index (χ0v) is 18.5. The van der Waals surface area contributed by atoms with Gasteiger partial charge in [0.2, 0.25) is 0 Å². The Morgan fingerprint density at radius 3 is 2.55 bits per heavy atom. The van der Waals surface area contributed by atoms with Crippen LogP contribution in [0.5, 0.6) is 0 Å². The standard InChI is InChI=1S/C21H25ClN4O4S/c22-13-5-7-14(8-6-13)24-21(30)25-20-18(19(23)29)15-9-11-26(12-16(15)31-20)10-3-1-2-4-17(27)28/h5-8H,1-4,9-12H2,(H2,23,29)(H,27,28)(H2,24,25,30). The summed E-state index contributed by atoms with van der Waals surface area (Å²) in [5.74, 6) is -1.32. The predicted molar refractivity (Wildman–Crippen MR) is 122 cm³/mol. The van der Waals surface area contributed by atoms with E-state index in [0.717, 1.165) is 36.4 Å². The Hall–Kier alpha value is -2.62.